The summed E-state index contributed by atoms with van der Waals surface area (Å²) in [6, 6.07) is 8.42. The van der Waals surface area contributed by atoms with Crippen LogP contribution in [0.3, 0.4) is 0 Å². The fourth-order valence-electron chi connectivity index (χ4n) is 3.73. The predicted octanol–water partition coefficient (Wildman–Crippen LogP) is 2.08. The van der Waals surface area contributed by atoms with Gasteiger partial charge >= 0.3 is 23.9 Å². The molecular weight excluding hydrogens is 442 g/mol. The highest BCUT2D eigenvalue weighted by Gasteiger charge is 2.47. The minimum absolute atomic E-state index is 0.183. The van der Waals surface area contributed by atoms with Crippen LogP contribution < -0.4 is 0 Å². The van der Waals surface area contributed by atoms with Crippen LogP contribution in [0.15, 0.2) is 82.7 Å². The molecule has 34 heavy (non-hydrogen) atoms. The third-order valence-electron chi connectivity index (χ3n) is 5.22. The minimum atomic E-state index is -1.03. The molecule has 1 atom stereocenters. The van der Waals surface area contributed by atoms with Crippen LogP contribution in [0.25, 0.3) is 6.08 Å². The standard InChI is InChI=1S/C25H23NO8/c1-31-22(27)18-17-12-8-11-16(14-13-15-9-6-5-7-10-15)26(17)21(25(30)34-4)20(24(29)33-3)19(18)23(28)32-2/h5-14,17H,1-4H3/b14-13-/t17-/m0/s1. The van der Waals surface area contributed by atoms with E-state index in [4.69, 9.17) is 18.9 Å². The van der Waals surface area contributed by atoms with E-state index in [0.717, 1.165) is 34.0 Å². The number of ether oxygens (including phenoxy) is 4. The first kappa shape index (κ1) is 24.2. The summed E-state index contributed by atoms with van der Waals surface area (Å²) >= 11 is 0. The highest BCUT2D eigenvalue weighted by atomic mass is 16.5. The van der Waals surface area contributed by atoms with E-state index in [1.807, 2.05) is 30.3 Å². The molecule has 0 saturated heterocycles. The van der Waals surface area contributed by atoms with Gasteiger partial charge in [0.05, 0.1) is 45.6 Å². The summed E-state index contributed by atoms with van der Waals surface area (Å²) in [7, 11) is 4.46. The Hall–Kier alpha value is -4.40. The number of carbonyl (C=O) groups excluding carboxylic acids is 4. The number of nitrogens with zero attached hydrogens (tertiary/aromatic N) is 1. The molecule has 1 aromatic rings. The van der Waals surface area contributed by atoms with E-state index in [-0.39, 0.29) is 11.3 Å². The Balaban J connectivity index is 2.33. The second kappa shape index (κ2) is 10.5. The number of hydrogen-bond acceptors (Lipinski definition) is 9. The zero-order valence-corrected chi connectivity index (χ0v) is 19.1. The molecule has 0 saturated carbocycles. The van der Waals surface area contributed by atoms with Crippen molar-refractivity contribution in [3.8, 4) is 0 Å². The van der Waals surface area contributed by atoms with Crippen molar-refractivity contribution >= 4 is 30.0 Å². The molecule has 0 fully saturated rings. The molecule has 2 aliphatic rings. The molecule has 0 unspecified atom stereocenters. The summed E-state index contributed by atoms with van der Waals surface area (Å²) in [5.74, 6) is -3.82. The van der Waals surface area contributed by atoms with Crippen LogP contribution in [0.5, 0.6) is 0 Å². The molecule has 2 heterocycles. The Labute approximate surface area is 196 Å². The van der Waals surface area contributed by atoms with Crippen molar-refractivity contribution < 1.29 is 38.1 Å². The van der Waals surface area contributed by atoms with Crippen molar-refractivity contribution in [2.45, 2.75) is 6.04 Å². The molecular formula is C25H23NO8. The summed E-state index contributed by atoms with van der Waals surface area (Å²) < 4.78 is 19.6. The molecule has 0 bridgehead atoms. The molecule has 3 rings (SSSR count). The van der Waals surface area contributed by atoms with Gasteiger partial charge in [0.15, 0.2) is 0 Å². The lowest BCUT2D eigenvalue weighted by molar-refractivity contribution is -0.143. The van der Waals surface area contributed by atoms with Crippen molar-refractivity contribution in [3.05, 3.63) is 88.3 Å². The number of benzene rings is 1. The topological polar surface area (TPSA) is 108 Å². The van der Waals surface area contributed by atoms with Gasteiger partial charge in [-0.15, -0.1) is 0 Å². The zero-order chi connectivity index (χ0) is 24.8. The van der Waals surface area contributed by atoms with Crippen molar-refractivity contribution in [2.24, 2.45) is 0 Å². The van der Waals surface area contributed by atoms with Gasteiger partial charge < -0.3 is 23.8 Å². The summed E-state index contributed by atoms with van der Waals surface area (Å²) in [5, 5.41) is 0. The molecule has 0 aliphatic carbocycles. The average Bonchev–Trinajstić information content (AvgIpc) is 2.89. The maximum atomic E-state index is 13.0. The first-order chi connectivity index (χ1) is 16.4. The van der Waals surface area contributed by atoms with Crippen LogP contribution in [0.4, 0.5) is 0 Å². The van der Waals surface area contributed by atoms with Crippen LogP contribution in [-0.4, -0.2) is 63.3 Å². The molecule has 9 nitrogen and oxygen atoms in total. The van der Waals surface area contributed by atoms with Crippen LogP contribution >= 0.6 is 0 Å². The molecule has 2 aliphatic heterocycles. The lowest BCUT2D eigenvalue weighted by atomic mass is 9.85. The van der Waals surface area contributed by atoms with E-state index >= 15 is 0 Å². The van der Waals surface area contributed by atoms with Gasteiger partial charge in [0.25, 0.3) is 0 Å². The second-order valence-electron chi connectivity index (χ2n) is 7.01. The summed E-state index contributed by atoms with van der Waals surface area (Å²) in [4.78, 5) is 53.0. The Kier molecular flexibility index (Phi) is 7.47. The SMILES string of the molecule is COC(=O)C1=C(C(=O)OC)[C@@H]2C=CC=C(/C=C\c3ccccc3)N2C(C(=O)OC)=C1C(=O)OC. The van der Waals surface area contributed by atoms with Gasteiger partial charge in [0.1, 0.15) is 11.3 Å². The fraction of sp³-hybridized carbons (Fsp3) is 0.200. The molecule has 1 aromatic carbocycles. The van der Waals surface area contributed by atoms with E-state index < -0.39 is 41.1 Å². The smallest absolute Gasteiger partial charge is 0.355 e. The first-order valence-corrected chi connectivity index (χ1v) is 10.1. The van der Waals surface area contributed by atoms with Gasteiger partial charge in [-0.05, 0) is 17.7 Å². The minimum Gasteiger partial charge on any atom is -0.466 e. The number of methoxy groups -OCH3 is 4. The Bertz CT molecular complexity index is 1170. The maximum Gasteiger partial charge on any atom is 0.355 e. The van der Waals surface area contributed by atoms with Crippen LogP contribution in [0, 0.1) is 0 Å². The van der Waals surface area contributed by atoms with E-state index in [1.54, 1.807) is 30.4 Å². The zero-order valence-electron chi connectivity index (χ0n) is 19.1. The molecule has 0 spiro atoms. The van der Waals surface area contributed by atoms with E-state index in [9.17, 15) is 19.2 Å². The van der Waals surface area contributed by atoms with Gasteiger partial charge in [-0.2, -0.15) is 0 Å². The number of fused-ring (bicyclic) bond motifs is 1. The van der Waals surface area contributed by atoms with Crippen molar-refractivity contribution in [2.75, 3.05) is 28.4 Å². The van der Waals surface area contributed by atoms with E-state index in [1.165, 1.54) is 4.90 Å². The number of carbonyl (C=O) groups is 4. The number of allylic oxidation sites excluding steroid dienone is 3. The monoisotopic (exact) mass is 465 g/mol. The third kappa shape index (κ3) is 4.40. The largest absolute Gasteiger partial charge is 0.466 e. The highest BCUT2D eigenvalue weighted by molar-refractivity contribution is 6.17. The second-order valence-corrected chi connectivity index (χ2v) is 7.01. The van der Waals surface area contributed by atoms with Crippen molar-refractivity contribution in [3.63, 3.8) is 0 Å². The molecule has 176 valence electrons. The Morgan fingerprint density at radius 3 is 1.94 bits per heavy atom. The molecule has 0 N–H and O–H groups in total. The summed E-state index contributed by atoms with van der Waals surface area (Å²) in [5.41, 5.74) is -0.0308. The maximum absolute atomic E-state index is 13.0. The van der Waals surface area contributed by atoms with Crippen molar-refractivity contribution in [1.29, 1.82) is 0 Å². The summed E-state index contributed by atoms with van der Waals surface area (Å²) in [6.45, 7) is 0. The normalized spacial score (nSPS) is 17.2. The highest BCUT2D eigenvalue weighted by Crippen LogP contribution is 2.40. The van der Waals surface area contributed by atoms with Crippen LogP contribution in [0.2, 0.25) is 0 Å². The van der Waals surface area contributed by atoms with Crippen molar-refractivity contribution in [1.82, 2.24) is 4.90 Å². The Morgan fingerprint density at radius 2 is 1.35 bits per heavy atom. The van der Waals surface area contributed by atoms with Crippen LogP contribution in [-0.2, 0) is 38.1 Å². The predicted molar refractivity (Wildman–Crippen MR) is 120 cm³/mol. The third-order valence-corrected chi connectivity index (χ3v) is 5.22. The quantitative estimate of drug-likeness (QED) is 0.461. The number of hydrogen-bond donors (Lipinski definition) is 0. The summed E-state index contributed by atoms with van der Waals surface area (Å²) in [6.07, 6.45) is 8.45. The number of rotatable bonds is 6. The van der Waals surface area contributed by atoms with Gasteiger partial charge in [0.2, 0.25) is 0 Å². The Morgan fingerprint density at radius 1 is 0.765 bits per heavy atom. The van der Waals surface area contributed by atoms with Gasteiger partial charge in [-0.25, -0.2) is 19.2 Å². The van der Waals surface area contributed by atoms with Gasteiger partial charge in [0, 0.05) is 5.70 Å². The lowest BCUT2D eigenvalue weighted by Crippen LogP contribution is -2.46. The van der Waals surface area contributed by atoms with E-state index in [0.29, 0.717) is 5.70 Å². The average molecular weight is 465 g/mol. The van der Waals surface area contributed by atoms with Gasteiger partial charge in [-0.3, -0.25) is 0 Å². The van der Waals surface area contributed by atoms with Gasteiger partial charge in [-0.1, -0.05) is 48.6 Å². The fourth-order valence-corrected chi connectivity index (χ4v) is 3.73. The lowest BCUT2D eigenvalue weighted by Gasteiger charge is -2.40. The molecule has 0 amide bonds. The molecule has 9 heteroatoms. The molecule has 0 aromatic heterocycles. The molecule has 0 radical (unpaired) electrons. The van der Waals surface area contributed by atoms with E-state index in [2.05, 4.69) is 0 Å². The first-order valence-electron chi connectivity index (χ1n) is 10.1. The van der Waals surface area contributed by atoms with Crippen LogP contribution in [0.1, 0.15) is 5.56 Å². The number of esters is 4.